The fraction of sp³-hybridized carbons (Fsp3) is 0.231. The Labute approximate surface area is 128 Å². The largest absolute Gasteiger partial charge is 0.755 e. The molecule has 0 spiro atoms. The summed E-state index contributed by atoms with van der Waals surface area (Å²) in [4.78, 5) is 14.7. The number of carboxylic acid groups (broad SMARTS) is 1. The van der Waals surface area contributed by atoms with Gasteiger partial charge in [-0.05, 0) is 18.4 Å². The van der Waals surface area contributed by atoms with Crippen molar-refractivity contribution in [2.24, 2.45) is 0 Å². The Kier molecular flexibility index (Phi) is 5.43. The van der Waals surface area contributed by atoms with Crippen LogP contribution < -0.4 is 4.31 Å². The monoisotopic (exact) mass is 325 g/mol. The number of anilines is 1. The van der Waals surface area contributed by atoms with Crippen molar-refractivity contribution in [3.05, 3.63) is 47.1 Å². The van der Waals surface area contributed by atoms with Crippen LogP contribution in [0.5, 0.6) is 0 Å². The van der Waals surface area contributed by atoms with Gasteiger partial charge in [0.1, 0.15) is 5.00 Å². The van der Waals surface area contributed by atoms with E-state index in [9.17, 15) is 13.6 Å². The fourth-order valence-corrected chi connectivity index (χ4v) is 3.41. The number of aryl methyl sites for hydroxylation is 1. The lowest BCUT2D eigenvalue weighted by Gasteiger charge is -2.24. The second-order valence-electron chi connectivity index (χ2n) is 4.22. The van der Waals surface area contributed by atoms with Crippen LogP contribution in [-0.4, -0.2) is 31.4 Å². The van der Waals surface area contributed by atoms with Gasteiger partial charge in [-0.3, -0.25) is 8.51 Å². The molecular weight excluding hydrogens is 312 g/mol. The number of benzene rings is 1. The Morgan fingerprint density at radius 1 is 1.38 bits per heavy atom. The number of thiazole rings is 1. The summed E-state index contributed by atoms with van der Waals surface area (Å²) in [6, 6.07) is 9.69. The van der Waals surface area contributed by atoms with Crippen LogP contribution in [-0.2, 0) is 17.7 Å². The van der Waals surface area contributed by atoms with E-state index in [-0.39, 0.29) is 17.2 Å². The standard InChI is InChI=1S/C13H14N2O4S2/c16-13(17)11-12(20-9-14-11)15(21(18)19)8-4-7-10-5-2-1-3-6-10/h1-3,5-6,9H,4,7-8H2,(H,16,17)(H,18,19)/p-1. The quantitative estimate of drug-likeness (QED) is 0.787. The molecule has 0 saturated carbocycles. The molecule has 0 fully saturated rings. The van der Waals surface area contributed by atoms with E-state index < -0.39 is 17.2 Å². The van der Waals surface area contributed by atoms with Crippen molar-refractivity contribution in [1.29, 1.82) is 0 Å². The molecule has 0 radical (unpaired) electrons. The third-order valence-electron chi connectivity index (χ3n) is 2.83. The zero-order valence-corrected chi connectivity index (χ0v) is 12.6. The van der Waals surface area contributed by atoms with Crippen LogP contribution in [0.15, 0.2) is 35.8 Å². The predicted molar refractivity (Wildman–Crippen MR) is 80.1 cm³/mol. The van der Waals surface area contributed by atoms with Crippen molar-refractivity contribution in [3.63, 3.8) is 0 Å². The molecule has 6 nitrogen and oxygen atoms in total. The normalized spacial score (nSPS) is 12.0. The van der Waals surface area contributed by atoms with Gasteiger partial charge in [0, 0.05) is 17.8 Å². The van der Waals surface area contributed by atoms with E-state index in [1.165, 1.54) is 5.51 Å². The van der Waals surface area contributed by atoms with E-state index in [2.05, 4.69) is 4.98 Å². The number of nitrogens with zero attached hydrogens (tertiary/aromatic N) is 2. The maximum atomic E-state index is 11.3. The molecule has 2 rings (SSSR count). The van der Waals surface area contributed by atoms with Crippen molar-refractivity contribution < 1.29 is 18.7 Å². The number of hydrogen-bond donors (Lipinski definition) is 1. The van der Waals surface area contributed by atoms with Crippen LogP contribution in [0.1, 0.15) is 22.5 Å². The number of aromatic carboxylic acids is 1. The van der Waals surface area contributed by atoms with Gasteiger partial charge in [0.15, 0.2) is 5.69 Å². The highest BCUT2D eigenvalue weighted by Gasteiger charge is 2.20. The highest BCUT2D eigenvalue weighted by atomic mass is 32.2. The zero-order chi connectivity index (χ0) is 15.2. The molecule has 0 saturated heterocycles. The first-order chi connectivity index (χ1) is 10.1. The molecule has 1 aromatic carbocycles. The first-order valence-electron chi connectivity index (χ1n) is 6.17. The predicted octanol–water partition coefficient (Wildman–Crippen LogP) is 2.07. The summed E-state index contributed by atoms with van der Waals surface area (Å²) in [7, 11) is 0. The molecule has 0 amide bonds. The van der Waals surface area contributed by atoms with E-state index in [1.807, 2.05) is 30.3 Å². The average molecular weight is 325 g/mol. The Balaban J connectivity index is 2.04. The minimum Gasteiger partial charge on any atom is -0.755 e. The first-order valence-corrected chi connectivity index (χ1v) is 8.08. The lowest BCUT2D eigenvalue weighted by atomic mass is 10.1. The molecule has 1 unspecified atom stereocenters. The summed E-state index contributed by atoms with van der Waals surface area (Å²) in [5.41, 5.74) is 2.20. The fourth-order valence-electron chi connectivity index (χ4n) is 1.88. The summed E-state index contributed by atoms with van der Waals surface area (Å²) >= 11 is -1.53. The molecular formula is C13H13N2O4S2-. The minimum atomic E-state index is -2.53. The number of hydrogen-bond acceptors (Lipinski definition) is 5. The maximum Gasteiger partial charge on any atom is 0.357 e. The van der Waals surface area contributed by atoms with E-state index in [1.54, 1.807) is 0 Å². The van der Waals surface area contributed by atoms with E-state index in [0.717, 1.165) is 27.6 Å². The average Bonchev–Trinajstić information content (AvgIpc) is 2.93. The molecule has 0 aliphatic rings. The topological polar surface area (TPSA) is 93.6 Å². The summed E-state index contributed by atoms with van der Waals surface area (Å²) in [5, 5.41) is 9.15. The Bertz CT molecular complexity index is 630. The molecule has 1 aromatic heterocycles. The van der Waals surface area contributed by atoms with Crippen molar-refractivity contribution >= 4 is 33.6 Å². The second kappa shape index (κ2) is 7.30. The lowest BCUT2D eigenvalue weighted by molar-refractivity contribution is 0.0692. The molecule has 0 bridgehead atoms. The molecule has 0 aliphatic heterocycles. The smallest absolute Gasteiger partial charge is 0.357 e. The molecule has 112 valence electrons. The van der Waals surface area contributed by atoms with Gasteiger partial charge in [0.05, 0.1) is 5.51 Å². The summed E-state index contributed by atoms with van der Waals surface area (Å²) < 4.78 is 23.7. The van der Waals surface area contributed by atoms with Gasteiger partial charge >= 0.3 is 5.97 Å². The number of carboxylic acids is 1. The molecule has 1 atom stereocenters. The SMILES string of the molecule is O=C(O)c1ncsc1N(CCCc1ccccc1)S(=O)[O-]. The molecule has 1 N–H and O–H groups in total. The summed E-state index contributed by atoms with van der Waals surface area (Å²) in [6.07, 6.45) is 1.31. The third-order valence-corrected chi connectivity index (χ3v) is 4.52. The van der Waals surface area contributed by atoms with Gasteiger partial charge in [-0.25, -0.2) is 9.78 Å². The van der Waals surface area contributed by atoms with Crippen molar-refractivity contribution in [2.75, 3.05) is 10.8 Å². The number of carbonyl (C=O) groups is 1. The van der Waals surface area contributed by atoms with Gasteiger partial charge in [-0.1, -0.05) is 30.3 Å². The van der Waals surface area contributed by atoms with E-state index in [4.69, 9.17) is 5.11 Å². The molecule has 8 heteroatoms. The van der Waals surface area contributed by atoms with Crippen LogP contribution in [0.2, 0.25) is 0 Å². The van der Waals surface area contributed by atoms with Crippen LogP contribution in [0.25, 0.3) is 0 Å². The van der Waals surface area contributed by atoms with Crippen molar-refractivity contribution in [2.45, 2.75) is 12.8 Å². The highest BCUT2D eigenvalue weighted by Crippen LogP contribution is 2.26. The Hall–Kier alpha value is -1.77. The van der Waals surface area contributed by atoms with E-state index >= 15 is 0 Å². The molecule has 0 aliphatic carbocycles. The number of aromatic nitrogens is 1. The molecule has 2 aromatic rings. The molecule has 21 heavy (non-hydrogen) atoms. The van der Waals surface area contributed by atoms with Gasteiger partial charge < -0.3 is 9.66 Å². The van der Waals surface area contributed by atoms with Crippen LogP contribution in [0.4, 0.5) is 5.00 Å². The highest BCUT2D eigenvalue weighted by molar-refractivity contribution is 7.81. The van der Waals surface area contributed by atoms with Crippen LogP contribution in [0, 0.1) is 0 Å². The molecule has 1 heterocycles. The second-order valence-corrected chi connectivity index (χ2v) is 5.93. The summed E-state index contributed by atoms with van der Waals surface area (Å²) in [5.74, 6) is -1.23. The van der Waals surface area contributed by atoms with E-state index in [0.29, 0.717) is 6.42 Å². The maximum absolute atomic E-state index is 11.3. The zero-order valence-electron chi connectivity index (χ0n) is 11.0. The van der Waals surface area contributed by atoms with Crippen molar-refractivity contribution in [1.82, 2.24) is 4.98 Å². The summed E-state index contributed by atoms with van der Waals surface area (Å²) in [6.45, 7) is 0.216. The first kappa shape index (κ1) is 15.6. The number of rotatable bonds is 7. The van der Waals surface area contributed by atoms with Gasteiger partial charge in [-0.15, -0.1) is 11.3 Å². The Morgan fingerprint density at radius 3 is 2.71 bits per heavy atom. The van der Waals surface area contributed by atoms with Gasteiger partial charge in [-0.2, -0.15) is 0 Å². The lowest BCUT2D eigenvalue weighted by Crippen LogP contribution is -2.27. The van der Waals surface area contributed by atoms with Crippen LogP contribution in [0.3, 0.4) is 0 Å². The van der Waals surface area contributed by atoms with Gasteiger partial charge in [0.2, 0.25) is 0 Å². The van der Waals surface area contributed by atoms with Gasteiger partial charge in [0.25, 0.3) is 0 Å². The Morgan fingerprint density at radius 2 is 2.10 bits per heavy atom. The minimum absolute atomic E-state index is 0.142. The van der Waals surface area contributed by atoms with Crippen molar-refractivity contribution in [3.8, 4) is 0 Å². The van der Waals surface area contributed by atoms with Crippen LogP contribution >= 0.6 is 11.3 Å². The third kappa shape index (κ3) is 4.10.